The molecule has 1 amide bonds. The molecule has 0 aliphatic heterocycles. The molecule has 5 nitrogen and oxygen atoms in total. The third-order valence-corrected chi connectivity index (χ3v) is 3.94. The summed E-state index contributed by atoms with van der Waals surface area (Å²) in [4.78, 5) is 12.7. The summed E-state index contributed by atoms with van der Waals surface area (Å²) in [5.41, 5.74) is 2.69. The second-order valence-electron chi connectivity index (χ2n) is 6.15. The van der Waals surface area contributed by atoms with E-state index < -0.39 is 0 Å². The van der Waals surface area contributed by atoms with E-state index in [0.29, 0.717) is 23.6 Å². The van der Waals surface area contributed by atoms with Crippen LogP contribution >= 0.6 is 0 Å². The van der Waals surface area contributed by atoms with Crippen LogP contribution in [0.25, 0.3) is 5.69 Å². The van der Waals surface area contributed by atoms with Crippen LogP contribution in [0.15, 0.2) is 47.1 Å². The molecule has 0 atom stereocenters. The Morgan fingerprint density at radius 3 is 2.60 bits per heavy atom. The second-order valence-corrected chi connectivity index (χ2v) is 6.15. The molecular formula is C19H20FN3O2. The van der Waals surface area contributed by atoms with E-state index in [1.54, 1.807) is 42.1 Å². The summed E-state index contributed by atoms with van der Waals surface area (Å²) in [7, 11) is 0. The van der Waals surface area contributed by atoms with E-state index in [1.807, 2.05) is 13.8 Å². The molecular weight excluding hydrogens is 321 g/mol. The third kappa shape index (κ3) is 3.47. The highest BCUT2D eigenvalue weighted by molar-refractivity contribution is 5.96. The Bertz CT molecular complexity index is 865. The van der Waals surface area contributed by atoms with Gasteiger partial charge in [-0.15, -0.1) is 0 Å². The van der Waals surface area contributed by atoms with E-state index in [9.17, 15) is 9.18 Å². The average Bonchev–Trinajstić information content (AvgIpc) is 3.20. The maximum absolute atomic E-state index is 13.2. The monoisotopic (exact) mass is 341 g/mol. The molecule has 0 saturated carbocycles. The zero-order valence-electron chi connectivity index (χ0n) is 14.4. The number of amides is 1. The van der Waals surface area contributed by atoms with Crippen LogP contribution in [0.5, 0.6) is 0 Å². The van der Waals surface area contributed by atoms with Gasteiger partial charge in [-0.2, -0.15) is 5.10 Å². The zero-order valence-corrected chi connectivity index (χ0v) is 14.4. The molecule has 0 fully saturated rings. The minimum absolute atomic E-state index is 0.0654. The van der Waals surface area contributed by atoms with Gasteiger partial charge < -0.3 is 9.73 Å². The lowest BCUT2D eigenvalue weighted by molar-refractivity contribution is 0.0946. The largest absolute Gasteiger partial charge is 0.467 e. The minimum atomic E-state index is -0.310. The lowest BCUT2D eigenvalue weighted by Crippen LogP contribution is -2.24. The molecule has 0 saturated heterocycles. The molecule has 0 bridgehead atoms. The highest BCUT2D eigenvalue weighted by Gasteiger charge is 2.24. The first kappa shape index (κ1) is 17.0. The molecule has 1 N–H and O–H groups in total. The lowest BCUT2D eigenvalue weighted by Gasteiger charge is -2.13. The Morgan fingerprint density at radius 2 is 2.00 bits per heavy atom. The lowest BCUT2D eigenvalue weighted by atomic mass is 10.0. The normalized spacial score (nSPS) is 11.1. The van der Waals surface area contributed by atoms with Gasteiger partial charge in [0.25, 0.3) is 5.91 Å². The van der Waals surface area contributed by atoms with Crippen molar-refractivity contribution in [3.8, 4) is 5.69 Å². The maximum Gasteiger partial charge on any atom is 0.255 e. The van der Waals surface area contributed by atoms with Crippen LogP contribution in [-0.4, -0.2) is 15.7 Å². The summed E-state index contributed by atoms with van der Waals surface area (Å²) in [5.74, 6) is 0.236. The predicted molar refractivity (Wildman–Crippen MR) is 92.2 cm³/mol. The van der Waals surface area contributed by atoms with E-state index in [4.69, 9.17) is 4.42 Å². The number of halogens is 1. The molecule has 0 aliphatic carbocycles. The second kappa shape index (κ2) is 6.93. The van der Waals surface area contributed by atoms with E-state index in [0.717, 1.165) is 11.4 Å². The number of nitrogens with one attached hydrogen (secondary N) is 1. The fourth-order valence-electron chi connectivity index (χ4n) is 2.81. The van der Waals surface area contributed by atoms with Gasteiger partial charge in [0, 0.05) is 0 Å². The fourth-order valence-corrected chi connectivity index (χ4v) is 2.81. The Balaban J connectivity index is 1.95. The van der Waals surface area contributed by atoms with Crippen molar-refractivity contribution in [3.63, 3.8) is 0 Å². The van der Waals surface area contributed by atoms with Crippen LogP contribution in [0.1, 0.15) is 47.3 Å². The predicted octanol–water partition coefficient (Wildman–Crippen LogP) is 3.97. The number of rotatable bonds is 5. The zero-order chi connectivity index (χ0) is 18.0. The van der Waals surface area contributed by atoms with Crippen LogP contribution in [0.2, 0.25) is 0 Å². The average molecular weight is 341 g/mol. The molecule has 0 unspecified atom stereocenters. The molecule has 1 aromatic carbocycles. The number of carbonyl (C=O) groups is 1. The molecule has 3 rings (SSSR count). The number of hydrogen-bond donors (Lipinski definition) is 1. The highest BCUT2D eigenvalue weighted by atomic mass is 19.1. The first-order valence-electron chi connectivity index (χ1n) is 8.13. The summed E-state index contributed by atoms with van der Waals surface area (Å²) in [6, 6.07) is 9.65. The van der Waals surface area contributed by atoms with E-state index in [1.165, 1.54) is 12.1 Å². The van der Waals surface area contributed by atoms with E-state index >= 15 is 0 Å². The van der Waals surface area contributed by atoms with Gasteiger partial charge in [-0.3, -0.25) is 4.79 Å². The van der Waals surface area contributed by atoms with Crippen molar-refractivity contribution >= 4 is 5.91 Å². The van der Waals surface area contributed by atoms with Crippen molar-refractivity contribution < 1.29 is 13.6 Å². The van der Waals surface area contributed by atoms with E-state index in [2.05, 4.69) is 10.4 Å². The van der Waals surface area contributed by atoms with Crippen molar-refractivity contribution in [3.05, 3.63) is 71.2 Å². The number of aryl methyl sites for hydroxylation is 1. The first-order valence-corrected chi connectivity index (χ1v) is 8.13. The van der Waals surface area contributed by atoms with Crippen LogP contribution in [-0.2, 0) is 6.54 Å². The molecule has 2 heterocycles. The van der Waals surface area contributed by atoms with Gasteiger partial charge in [0.2, 0.25) is 0 Å². The van der Waals surface area contributed by atoms with Crippen LogP contribution < -0.4 is 5.32 Å². The maximum atomic E-state index is 13.2. The highest BCUT2D eigenvalue weighted by Crippen LogP contribution is 2.26. The van der Waals surface area contributed by atoms with Crippen molar-refractivity contribution in [1.82, 2.24) is 15.1 Å². The van der Waals surface area contributed by atoms with Crippen LogP contribution in [0, 0.1) is 12.7 Å². The Hall–Kier alpha value is -2.89. The number of hydrogen-bond acceptors (Lipinski definition) is 3. The number of aromatic nitrogens is 2. The van der Waals surface area contributed by atoms with Crippen LogP contribution in [0.4, 0.5) is 4.39 Å². The number of carbonyl (C=O) groups excluding carboxylic acids is 1. The molecule has 2 aromatic heterocycles. The summed E-state index contributed by atoms with van der Waals surface area (Å²) < 4.78 is 20.2. The van der Waals surface area contributed by atoms with Gasteiger partial charge in [-0.25, -0.2) is 9.07 Å². The molecule has 0 spiro atoms. The smallest absolute Gasteiger partial charge is 0.255 e. The SMILES string of the molecule is Cc1nn(-c2ccc(F)cc2)c(C(C)C)c1C(=O)NCc1ccco1. The Morgan fingerprint density at radius 1 is 1.28 bits per heavy atom. The molecule has 25 heavy (non-hydrogen) atoms. The van der Waals surface area contributed by atoms with Gasteiger partial charge in [-0.05, 0) is 49.2 Å². The molecule has 0 aliphatic rings. The van der Waals surface area contributed by atoms with Gasteiger partial charge in [0.1, 0.15) is 11.6 Å². The van der Waals surface area contributed by atoms with Gasteiger partial charge >= 0.3 is 0 Å². The summed E-state index contributed by atoms with van der Waals surface area (Å²) in [5, 5.41) is 7.37. The van der Waals surface area contributed by atoms with Gasteiger partial charge in [-0.1, -0.05) is 13.8 Å². The minimum Gasteiger partial charge on any atom is -0.467 e. The van der Waals surface area contributed by atoms with Gasteiger partial charge in [0.15, 0.2) is 0 Å². The summed E-state index contributed by atoms with van der Waals surface area (Å²) >= 11 is 0. The Kier molecular flexibility index (Phi) is 4.70. The summed E-state index contributed by atoms with van der Waals surface area (Å²) in [6.45, 7) is 6.11. The van der Waals surface area contributed by atoms with Gasteiger partial charge in [0.05, 0.1) is 35.4 Å². The number of nitrogens with zero attached hydrogens (tertiary/aromatic N) is 2. The number of benzene rings is 1. The number of furan rings is 1. The molecule has 130 valence electrons. The molecule has 0 radical (unpaired) electrons. The standard InChI is InChI=1S/C19H20FN3O2/c1-12(2)18-17(19(24)21-11-16-5-4-10-25-16)13(3)22-23(18)15-8-6-14(20)7-9-15/h4-10,12H,11H2,1-3H3,(H,21,24). The van der Waals surface area contributed by atoms with Crippen molar-refractivity contribution in [2.45, 2.75) is 33.2 Å². The van der Waals surface area contributed by atoms with E-state index in [-0.39, 0.29) is 17.6 Å². The first-order chi connectivity index (χ1) is 12.0. The molecule has 6 heteroatoms. The summed E-state index contributed by atoms with van der Waals surface area (Å²) in [6.07, 6.45) is 1.57. The van der Waals surface area contributed by atoms with Crippen LogP contribution in [0.3, 0.4) is 0 Å². The molecule has 3 aromatic rings. The third-order valence-electron chi connectivity index (χ3n) is 3.94. The van der Waals surface area contributed by atoms with Crippen molar-refractivity contribution in [2.75, 3.05) is 0 Å². The topological polar surface area (TPSA) is 60.1 Å². The quantitative estimate of drug-likeness (QED) is 0.764. The Labute approximate surface area is 145 Å². The van der Waals surface area contributed by atoms with Crippen molar-refractivity contribution in [2.24, 2.45) is 0 Å². The van der Waals surface area contributed by atoms with Crippen molar-refractivity contribution in [1.29, 1.82) is 0 Å². The fraction of sp³-hybridized carbons (Fsp3) is 0.263.